The number of nitrogens with one attached hydrogen (secondary N) is 1. The molecule has 0 aliphatic heterocycles. The minimum Gasteiger partial charge on any atom is -0.493 e. The van der Waals surface area contributed by atoms with Gasteiger partial charge >= 0.3 is 0 Å². The normalized spacial score (nSPS) is 15.6. The number of amides is 1. The van der Waals surface area contributed by atoms with Crippen LogP contribution >= 0.6 is 0 Å². The van der Waals surface area contributed by atoms with Crippen molar-refractivity contribution in [1.29, 1.82) is 0 Å². The van der Waals surface area contributed by atoms with E-state index in [0.717, 1.165) is 23.9 Å². The van der Waals surface area contributed by atoms with Gasteiger partial charge in [0.2, 0.25) is 5.91 Å². The van der Waals surface area contributed by atoms with Gasteiger partial charge in [0, 0.05) is 12.2 Å². The Hall–Kier alpha value is -1.71. The molecule has 0 unspecified atom stereocenters. The van der Waals surface area contributed by atoms with Crippen molar-refractivity contribution in [1.82, 2.24) is 0 Å². The first kappa shape index (κ1) is 15.7. The average Bonchev–Trinajstić information content (AvgIpc) is 2.50. The number of carbonyl (C=O) groups is 1. The summed E-state index contributed by atoms with van der Waals surface area (Å²) in [6.45, 7) is 1.37. The zero-order valence-corrected chi connectivity index (χ0v) is 12.6. The second-order valence-electron chi connectivity index (χ2n) is 5.81. The minimum atomic E-state index is -0.337. The average molecular weight is 290 g/mol. The molecule has 2 rings (SSSR count). The topological polar surface area (TPSA) is 64.4 Å². The van der Waals surface area contributed by atoms with E-state index in [9.17, 15) is 4.79 Å². The lowest BCUT2D eigenvalue weighted by Gasteiger charge is -2.21. The second-order valence-corrected chi connectivity index (χ2v) is 5.81. The Morgan fingerprint density at radius 3 is 2.57 bits per heavy atom. The molecule has 1 saturated carbocycles. The van der Waals surface area contributed by atoms with Crippen LogP contribution in [-0.2, 0) is 4.79 Å². The molecule has 116 valence electrons. The molecule has 1 aliphatic carbocycles. The standard InChI is InChI=1S/C17H26N2O2/c18-17(20)11-13-21-16-8-6-15(7-9-16)19-12-10-14-4-2-1-3-5-14/h6-9,14,19H,1-5,10-13H2,(H2,18,20). The van der Waals surface area contributed by atoms with Gasteiger partial charge in [-0.1, -0.05) is 32.1 Å². The SMILES string of the molecule is NC(=O)CCOc1ccc(NCCC2CCCCC2)cc1. The molecule has 1 amide bonds. The van der Waals surface area contributed by atoms with Crippen LogP contribution in [0.25, 0.3) is 0 Å². The van der Waals surface area contributed by atoms with Crippen molar-refractivity contribution in [3.05, 3.63) is 24.3 Å². The third-order valence-electron chi connectivity index (χ3n) is 4.08. The molecule has 1 fully saturated rings. The Morgan fingerprint density at radius 2 is 1.90 bits per heavy atom. The van der Waals surface area contributed by atoms with Crippen molar-refractivity contribution in [2.45, 2.75) is 44.9 Å². The first-order valence-electron chi connectivity index (χ1n) is 7.99. The van der Waals surface area contributed by atoms with Gasteiger partial charge in [-0.2, -0.15) is 0 Å². The van der Waals surface area contributed by atoms with Crippen molar-refractivity contribution in [3.8, 4) is 5.75 Å². The van der Waals surface area contributed by atoms with Crippen molar-refractivity contribution >= 4 is 11.6 Å². The summed E-state index contributed by atoms with van der Waals surface area (Å²) in [6, 6.07) is 7.87. The van der Waals surface area contributed by atoms with Crippen molar-refractivity contribution in [2.75, 3.05) is 18.5 Å². The highest BCUT2D eigenvalue weighted by Crippen LogP contribution is 2.26. The fraction of sp³-hybridized carbons (Fsp3) is 0.588. The predicted octanol–water partition coefficient (Wildman–Crippen LogP) is 3.32. The summed E-state index contributed by atoms with van der Waals surface area (Å²) in [4.78, 5) is 10.6. The molecule has 21 heavy (non-hydrogen) atoms. The second kappa shape index (κ2) is 8.55. The number of rotatable bonds is 8. The Bertz CT molecular complexity index is 425. The maximum absolute atomic E-state index is 10.6. The maximum atomic E-state index is 10.6. The number of benzene rings is 1. The van der Waals surface area contributed by atoms with Crippen LogP contribution in [0.1, 0.15) is 44.9 Å². The number of hydrogen-bond acceptors (Lipinski definition) is 3. The number of anilines is 1. The summed E-state index contributed by atoms with van der Waals surface area (Å²) in [5.41, 5.74) is 6.19. The molecular formula is C17H26N2O2. The van der Waals surface area contributed by atoms with E-state index in [4.69, 9.17) is 10.5 Å². The molecular weight excluding hydrogens is 264 g/mol. The highest BCUT2D eigenvalue weighted by molar-refractivity contribution is 5.73. The molecule has 0 saturated heterocycles. The summed E-state index contributed by atoms with van der Waals surface area (Å²) in [5, 5.41) is 3.46. The van der Waals surface area contributed by atoms with Crippen LogP contribution < -0.4 is 15.8 Å². The van der Waals surface area contributed by atoms with E-state index in [-0.39, 0.29) is 12.3 Å². The number of ether oxygens (including phenoxy) is 1. The van der Waals surface area contributed by atoms with Crippen molar-refractivity contribution in [2.24, 2.45) is 11.7 Å². The van der Waals surface area contributed by atoms with Crippen LogP contribution in [0.3, 0.4) is 0 Å². The lowest BCUT2D eigenvalue weighted by atomic mass is 9.87. The molecule has 0 heterocycles. The van der Waals surface area contributed by atoms with Gasteiger partial charge in [-0.3, -0.25) is 4.79 Å². The molecule has 0 bridgehead atoms. The Kier molecular flexibility index (Phi) is 6.38. The molecule has 1 aromatic carbocycles. The fourth-order valence-corrected chi connectivity index (χ4v) is 2.83. The predicted molar refractivity (Wildman–Crippen MR) is 85.4 cm³/mol. The number of hydrogen-bond donors (Lipinski definition) is 2. The van der Waals surface area contributed by atoms with Crippen LogP contribution in [0.15, 0.2) is 24.3 Å². The van der Waals surface area contributed by atoms with Gasteiger partial charge in [0.25, 0.3) is 0 Å². The zero-order chi connectivity index (χ0) is 14.9. The van der Waals surface area contributed by atoms with Gasteiger partial charge in [0.05, 0.1) is 13.0 Å². The van der Waals surface area contributed by atoms with E-state index in [1.165, 1.54) is 38.5 Å². The highest BCUT2D eigenvalue weighted by atomic mass is 16.5. The lowest BCUT2D eigenvalue weighted by Crippen LogP contribution is -2.14. The van der Waals surface area contributed by atoms with Crippen LogP contribution in [0.4, 0.5) is 5.69 Å². The molecule has 3 N–H and O–H groups in total. The first-order valence-corrected chi connectivity index (χ1v) is 7.99. The molecule has 0 spiro atoms. The van der Waals surface area contributed by atoms with E-state index in [1.807, 2.05) is 24.3 Å². The molecule has 0 atom stereocenters. The largest absolute Gasteiger partial charge is 0.493 e. The molecule has 4 nitrogen and oxygen atoms in total. The quantitative estimate of drug-likeness (QED) is 0.772. The van der Waals surface area contributed by atoms with Gasteiger partial charge in [0.15, 0.2) is 0 Å². The van der Waals surface area contributed by atoms with Crippen molar-refractivity contribution in [3.63, 3.8) is 0 Å². The molecule has 1 aromatic rings. The smallest absolute Gasteiger partial charge is 0.220 e. The van der Waals surface area contributed by atoms with Crippen molar-refractivity contribution < 1.29 is 9.53 Å². The summed E-state index contributed by atoms with van der Waals surface area (Å²) < 4.78 is 5.44. The Labute approximate surface area is 127 Å². The van der Waals surface area contributed by atoms with Gasteiger partial charge in [0.1, 0.15) is 5.75 Å². The van der Waals surface area contributed by atoms with Gasteiger partial charge in [-0.05, 0) is 36.6 Å². The lowest BCUT2D eigenvalue weighted by molar-refractivity contribution is -0.118. The van der Waals surface area contributed by atoms with E-state index in [0.29, 0.717) is 6.61 Å². The molecule has 1 aliphatic rings. The zero-order valence-electron chi connectivity index (χ0n) is 12.6. The van der Waals surface area contributed by atoms with E-state index in [2.05, 4.69) is 5.32 Å². The third kappa shape index (κ3) is 6.06. The van der Waals surface area contributed by atoms with E-state index in [1.54, 1.807) is 0 Å². The molecule has 0 radical (unpaired) electrons. The van der Waals surface area contributed by atoms with Crippen LogP contribution in [-0.4, -0.2) is 19.1 Å². The molecule has 0 aromatic heterocycles. The molecule has 4 heteroatoms. The van der Waals surface area contributed by atoms with Gasteiger partial charge in [-0.15, -0.1) is 0 Å². The fourth-order valence-electron chi connectivity index (χ4n) is 2.83. The first-order chi connectivity index (χ1) is 10.2. The number of primary amides is 1. The summed E-state index contributed by atoms with van der Waals surface area (Å²) >= 11 is 0. The Morgan fingerprint density at radius 1 is 1.19 bits per heavy atom. The van der Waals surface area contributed by atoms with Crippen LogP contribution in [0.5, 0.6) is 5.75 Å². The minimum absolute atomic E-state index is 0.251. The van der Waals surface area contributed by atoms with Gasteiger partial charge in [-0.25, -0.2) is 0 Å². The number of carbonyl (C=O) groups excluding carboxylic acids is 1. The maximum Gasteiger partial charge on any atom is 0.220 e. The third-order valence-corrected chi connectivity index (χ3v) is 4.08. The van der Waals surface area contributed by atoms with E-state index < -0.39 is 0 Å². The summed E-state index contributed by atoms with van der Waals surface area (Å²) in [6.07, 6.45) is 8.53. The van der Waals surface area contributed by atoms with Gasteiger partial charge < -0.3 is 15.8 Å². The summed E-state index contributed by atoms with van der Waals surface area (Å²) in [5.74, 6) is 1.34. The summed E-state index contributed by atoms with van der Waals surface area (Å²) in [7, 11) is 0. The Balaban J connectivity index is 1.65. The van der Waals surface area contributed by atoms with Crippen LogP contribution in [0, 0.1) is 5.92 Å². The highest BCUT2D eigenvalue weighted by Gasteiger charge is 2.12. The van der Waals surface area contributed by atoms with E-state index >= 15 is 0 Å². The monoisotopic (exact) mass is 290 g/mol. The van der Waals surface area contributed by atoms with Crippen LogP contribution in [0.2, 0.25) is 0 Å². The number of nitrogens with two attached hydrogens (primary N) is 1.